The van der Waals surface area contributed by atoms with E-state index in [0.717, 1.165) is 5.56 Å². The molecule has 1 unspecified atom stereocenters. The maximum Gasteiger partial charge on any atom is 0.249 e. The number of nitriles is 1. The molecule has 1 aromatic rings. The summed E-state index contributed by atoms with van der Waals surface area (Å²) < 4.78 is 22.6. The Labute approximate surface area is 94.7 Å². The molecule has 6 heteroatoms. The number of nitrogens with one attached hydrogen (secondary N) is 1. The number of nitrogens with zero attached hydrogens (tertiary/aromatic N) is 1. The molecule has 0 fully saturated rings. The average Bonchev–Trinajstić information content (AvgIpc) is 2.29. The molecule has 0 saturated heterocycles. The molecule has 0 heterocycles. The van der Waals surface area contributed by atoms with E-state index in [1.807, 2.05) is 35.2 Å². The van der Waals surface area contributed by atoms with E-state index < -0.39 is 15.3 Å². The predicted octanol–water partition coefficient (Wildman–Crippen LogP) is 0.950. The fourth-order valence-electron chi connectivity index (χ4n) is 0.911. The minimum absolute atomic E-state index is 0.123. The molecule has 86 valence electrons. The second-order valence-corrected chi connectivity index (χ2v) is 5.14. The lowest BCUT2D eigenvalue weighted by molar-refractivity contribution is 0.0792. The van der Waals surface area contributed by atoms with Crippen LogP contribution in [0.25, 0.3) is 0 Å². The minimum Gasteiger partial charge on any atom is -0.282 e. The zero-order valence-electron chi connectivity index (χ0n) is 8.75. The molecule has 1 atom stereocenters. The molecule has 0 amide bonds. The van der Waals surface area contributed by atoms with Crippen LogP contribution in [-0.2, 0) is 21.5 Å². The molecule has 16 heavy (non-hydrogen) atoms. The standard InChI is InChI=1S/C10H12N2O3S/c1-9(7-11)16(13,14)12-15-8-10-5-3-2-4-6-10/h2-6,9,12H,8H2,1H3. The fourth-order valence-corrected chi connectivity index (χ4v) is 1.42. The normalized spacial score (nSPS) is 13.0. The van der Waals surface area contributed by atoms with Crippen molar-refractivity contribution in [2.75, 3.05) is 0 Å². The van der Waals surface area contributed by atoms with Crippen LogP contribution in [0.3, 0.4) is 0 Å². The number of hydrogen-bond donors (Lipinski definition) is 1. The Morgan fingerprint density at radius 2 is 2.06 bits per heavy atom. The summed E-state index contributed by atoms with van der Waals surface area (Å²) >= 11 is 0. The average molecular weight is 240 g/mol. The summed E-state index contributed by atoms with van der Waals surface area (Å²) in [6, 6.07) is 10.7. The van der Waals surface area contributed by atoms with Crippen molar-refractivity contribution in [3.8, 4) is 6.07 Å². The third kappa shape index (κ3) is 3.62. The van der Waals surface area contributed by atoms with Crippen LogP contribution in [0, 0.1) is 11.3 Å². The van der Waals surface area contributed by atoms with E-state index in [1.165, 1.54) is 6.92 Å². The first-order chi connectivity index (χ1) is 7.56. The van der Waals surface area contributed by atoms with Crippen LogP contribution in [0.1, 0.15) is 12.5 Å². The number of hydrogen-bond acceptors (Lipinski definition) is 4. The summed E-state index contributed by atoms with van der Waals surface area (Å²) in [7, 11) is -3.71. The highest BCUT2D eigenvalue weighted by Gasteiger charge is 2.19. The van der Waals surface area contributed by atoms with Crippen molar-refractivity contribution in [2.45, 2.75) is 18.8 Å². The van der Waals surface area contributed by atoms with Crippen molar-refractivity contribution >= 4 is 10.0 Å². The van der Waals surface area contributed by atoms with Gasteiger partial charge in [0.25, 0.3) is 0 Å². The van der Waals surface area contributed by atoms with Gasteiger partial charge in [0.2, 0.25) is 10.0 Å². The lowest BCUT2D eigenvalue weighted by Crippen LogP contribution is -2.31. The quantitative estimate of drug-likeness (QED) is 0.777. The van der Waals surface area contributed by atoms with E-state index in [9.17, 15) is 8.42 Å². The van der Waals surface area contributed by atoms with Gasteiger partial charge in [-0.3, -0.25) is 4.84 Å². The van der Waals surface area contributed by atoms with Crippen LogP contribution >= 0.6 is 0 Å². The third-order valence-electron chi connectivity index (χ3n) is 1.90. The third-order valence-corrected chi connectivity index (χ3v) is 3.29. The molecule has 1 rings (SSSR count). The van der Waals surface area contributed by atoms with Crippen LogP contribution in [-0.4, -0.2) is 13.7 Å². The maximum absolute atomic E-state index is 11.3. The van der Waals surface area contributed by atoms with Crippen molar-refractivity contribution in [3.05, 3.63) is 35.9 Å². The van der Waals surface area contributed by atoms with Gasteiger partial charge in [-0.2, -0.15) is 5.26 Å². The monoisotopic (exact) mass is 240 g/mol. The zero-order valence-corrected chi connectivity index (χ0v) is 9.57. The van der Waals surface area contributed by atoms with Gasteiger partial charge in [0.1, 0.15) is 0 Å². The van der Waals surface area contributed by atoms with Gasteiger partial charge >= 0.3 is 0 Å². The lowest BCUT2D eigenvalue weighted by atomic mass is 10.2. The van der Waals surface area contributed by atoms with Crippen molar-refractivity contribution in [2.24, 2.45) is 0 Å². The SMILES string of the molecule is CC(C#N)S(=O)(=O)NOCc1ccccc1. The van der Waals surface area contributed by atoms with Crippen molar-refractivity contribution < 1.29 is 13.3 Å². The Balaban J connectivity index is 2.46. The molecule has 0 spiro atoms. The fraction of sp³-hybridized carbons (Fsp3) is 0.300. The first-order valence-corrected chi connectivity index (χ1v) is 6.17. The number of sulfonamides is 1. The highest BCUT2D eigenvalue weighted by molar-refractivity contribution is 7.90. The minimum atomic E-state index is -3.71. The van der Waals surface area contributed by atoms with Crippen LogP contribution in [0.4, 0.5) is 0 Å². The van der Waals surface area contributed by atoms with Crippen LogP contribution in [0.5, 0.6) is 0 Å². The molecule has 0 aliphatic rings. The van der Waals surface area contributed by atoms with E-state index in [1.54, 1.807) is 6.07 Å². The van der Waals surface area contributed by atoms with E-state index >= 15 is 0 Å². The summed E-state index contributed by atoms with van der Waals surface area (Å²) in [5, 5.41) is 7.33. The second-order valence-electron chi connectivity index (χ2n) is 3.17. The van der Waals surface area contributed by atoms with E-state index in [2.05, 4.69) is 0 Å². The summed E-state index contributed by atoms with van der Waals surface area (Å²) in [5.74, 6) is 0. The predicted molar refractivity (Wildman–Crippen MR) is 58.4 cm³/mol. The first-order valence-electron chi connectivity index (χ1n) is 4.62. The highest BCUT2D eigenvalue weighted by atomic mass is 32.2. The second kappa shape index (κ2) is 5.61. The molecule has 0 saturated carbocycles. The molecule has 0 aliphatic carbocycles. The highest BCUT2D eigenvalue weighted by Crippen LogP contribution is 2.01. The van der Waals surface area contributed by atoms with E-state index in [-0.39, 0.29) is 6.61 Å². The summed E-state index contributed by atoms with van der Waals surface area (Å²) in [6.07, 6.45) is 0. The Kier molecular flexibility index (Phi) is 4.43. The summed E-state index contributed by atoms with van der Waals surface area (Å²) in [5.41, 5.74) is 0.842. The first kappa shape index (κ1) is 12.6. The Morgan fingerprint density at radius 3 is 2.62 bits per heavy atom. The molecule has 1 N–H and O–H groups in total. The number of benzene rings is 1. The Morgan fingerprint density at radius 1 is 1.44 bits per heavy atom. The van der Waals surface area contributed by atoms with Gasteiger partial charge in [0, 0.05) is 0 Å². The van der Waals surface area contributed by atoms with Crippen molar-refractivity contribution in [1.82, 2.24) is 4.89 Å². The van der Waals surface area contributed by atoms with E-state index in [0.29, 0.717) is 0 Å². The van der Waals surface area contributed by atoms with Gasteiger partial charge < -0.3 is 0 Å². The van der Waals surface area contributed by atoms with Gasteiger partial charge in [-0.25, -0.2) is 8.42 Å². The van der Waals surface area contributed by atoms with E-state index in [4.69, 9.17) is 10.1 Å². The molecule has 0 aromatic heterocycles. The summed E-state index contributed by atoms with van der Waals surface area (Å²) in [6.45, 7) is 1.41. The molecular formula is C10H12N2O3S. The van der Waals surface area contributed by atoms with Gasteiger partial charge in [-0.1, -0.05) is 35.2 Å². The Hall–Kier alpha value is -1.42. The van der Waals surface area contributed by atoms with Gasteiger partial charge in [0.15, 0.2) is 5.25 Å². The van der Waals surface area contributed by atoms with Gasteiger partial charge in [0.05, 0.1) is 12.7 Å². The van der Waals surface area contributed by atoms with Gasteiger partial charge in [-0.15, -0.1) is 0 Å². The largest absolute Gasteiger partial charge is 0.282 e. The molecule has 1 aromatic carbocycles. The zero-order chi connectivity index (χ0) is 12.0. The summed E-state index contributed by atoms with van der Waals surface area (Å²) in [4.78, 5) is 6.73. The molecule has 0 bridgehead atoms. The topological polar surface area (TPSA) is 79.2 Å². The lowest BCUT2D eigenvalue weighted by Gasteiger charge is -2.07. The smallest absolute Gasteiger partial charge is 0.249 e. The van der Waals surface area contributed by atoms with Crippen LogP contribution in [0.2, 0.25) is 0 Å². The molecule has 0 radical (unpaired) electrons. The molecule has 5 nitrogen and oxygen atoms in total. The molecular weight excluding hydrogens is 228 g/mol. The van der Waals surface area contributed by atoms with Gasteiger partial charge in [-0.05, 0) is 12.5 Å². The maximum atomic E-state index is 11.3. The van der Waals surface area contributed by atoms with Crippen molar-refractivity contribution in [3.63, 3.8) is 0 Å². The van der Waals surface area contributed by atoms with Crippen LogP contribution in [0.15, 0.2) is 30.3 Å². The number of rotatable bonds is 5. The molecule has 0 aliphatic heterocycles. The van der Waals surface area contributed by atoms with Crippen molar-refractivity contribution in [1.29, 1.82) is 5.26 Å². The van der Waals surface area contributed by atoms with Crippen LogP contribution < -0.4 is 4.89 Å². The Bertz CT molecular complexity index is 465.